The minimum absolute atomic E-state index is 0.110. The lowest BCUT2D eigenvalue weighted by Crippen LogP contribution is -2.41. The molecule has 0 aromatic carbocycles. The standard InChI is InChI=1S/C17H23N5O2S2/c23-15(20-16(24)18-8-7-13-6-3-9-25-13)11-26-17-19-14(21-22-17)10-12-4-1-2-5-12/h3,6,9,12H,1-2,4-5,7-8,10-11H2,(H,19,21,22)(H2,18,20,23,24). The normalized spacial score (nSPS) is 14.5. The summed E-state index contributed by atoms with van der Waals surface area (Å²) in [5, 5.41) is 14.6. The van der Waals surface area contributed by atoms with Gasteiger partial charge in [0.25, 0.3) is 0 Å². The molecule has 0 atom stereocenters. The number of rotatable bonds is 8. The van der Waals surface area contributed by atoms with E-state index in [2.05, 4.69) is 25.8 Å². The molecule has 3 amide bonds. The average Bonchev–Trinajstić information content (AvgIpc) is 3.36. The summed E-state index contributed by atoms with van der Waals surface area (Å²) in [5.74, 6) is 1.33. The number of urea groups is 1. The number of aromatic nitrogens is 3. The first-order valence-corrected chi connectivity index (χ1v) is 10.7. The van der Waals surface area contributed by atoms with E-state index in [0.717, 1.165) is 18.7 Å². The van der Waals surface area contributed by atoms with Crippen LogP contribution in [0.1, 0.15) is 36.4 Å². The lowest BCUT2D eigenvalue weighted by atomic mass is 10.0. The van der Waals surface area contributed by atoms with Gasteiger partial charge in [0.1, 0.15) is 5.82 Å². The predicted molar refractivity (Wildman–Crippen MR) is 102 cm³/mol. The highest BCUT2D eigenvalue weighted by Crippen LogP contribution is 2.27. The first kappa shape index (κ1) is 18.9. The van der Waals surface area contributed by atoms with Crippen LogP contribution >= 0.6 is 23.1 Å². The Morgan fingerprint density at radius 2 is 2.19 bits per heavy atom. The van der Waals surface area contributed by atoms with E-state index in [9.17, 15) is 9.59 Å². The number of hydrogen-bond donors (Lipinski definition) is 3. The molecule has 9 heteroatoms. The van der Waals surface area contributed by atoms with Crippen molar-refractivity contribution in [1.82, 2.24) is 25.8 Å². The highest BCUT2D eigenvalue weighted by molar-refractivity contribution is 7.99. The number of carbonyl (C=O) groups is 2. The van der Waals surface area contributed by atoms with Crippen LogP contribution < -0.4 is 10.6 Å². The molecule has 1 aliphatic carbocycles. The molecule has 2 aromatic rings. The van der Waals surface area contributed by atoms with Crippen LogP contribution in [0.5, 0.6) is 0 Å². The van der Waals surface area contributed by atoms with Gasteiger partial charge in [0.2, 0.25) is 11.1 Å². The van der Waals surface area contributed by atoms with Gasteiger partial charge in [0.05, 0.1) is 5.75 Å². The second-order valence-electron chi connectivity index (χ2n) is 6.34. The Hall–Kier alpha value is -1.87. The number of imide groups is 1. The fraction of sp³-hybridized carbons (Fsp3) is 0.529. The SMILES string of the molecule is O=C(CSc1n[nH]c(CC2CCCC2)n1)NC(=O)NCCc1cccs1. The zero-order valence-corrected chi connectivity index (χ0v) is 16.1. The largest absolute Gasteiger partial charge is 0.337 e. The van der Waals surface area contributed by atoms with Gasteiger partial charge in [-0.25, -0.2) is 9.78 Å². The number of carbonyl (C=O) groups excluding carboxylic acids is 2. The molecule has 26 heavy (non-hydrogen) atoms. The summed E-state index contributed by atoms with van der Waals surface area (Å²) in [6.07, 6.45) is 6.80. The summed E-state index contributed by atoms with van der Waals surface area (Å²) in [6.45, 7) is 0.498. The Morgan fingerprint density at radius 1 is 1.35 bits per heavy atom. The molecule has 1 saturated carbocycles. The molecule has 140 valence electrons. The maximum absolute atomic E-state index is 11.8. The van der Waals surface area contributed by atoms with Crippen LogP contribution in [0, 0.1) is 5.92 Å². The van der Waals surface area contributed by atoms with Crippen molar-refractivity contribution in [3.8, 4) is 0 Å². The van der Waals surface area contributed by atoms with Crippen LogP contribution in [0.2, 0.25) is 0 Å². The molecule has 0 saturated heterocycles. The van der Waals surface area contributed by atoms with Crippen molar-refractivity contribution >= 4 is 35.0 Å². The molecular formula is C17H23N5O2S2. The molecule has 2 heterocycles. The number of H-pyrrole nitrogens is 1. The van der Waals surface area contributed by atoms with Gasteiger partial charge >= 0.3 is 6.03 Å². The third-order valence-electron chi connectivity index (χ3n) is 4.29. The molecular weight excluding hydrogens is 370 g/mol. The second kappa shape index (κ2) is 9.72. The maximum atomic E-state index is 11.8. The number of thioether (sulfide) groups is 1. The summed E-state index contributed by atoms with van der Waals surface area (Å²) in [5.41, 5.74) is 0. The number of aromatic amines is 1. The van der Waals surface area contributed by atoms with Crippen molar-refractivity contribution in [2.75, 3.05) is 12.3 Å². The first-order chi connectivity index (χ1) is 12.7. The number of nitrogens with one attached hydrogen (secondary N) is 3. The molecule has 1 aliphatic rings. The minimum Gasteiger partial charge on any atom is -0.337 e. The molecule has 2 aromatic heterocycles. The number of hydrogen-bond acceptors (Lipinski definition) is 6. The van der Waals surface area contributed by atoms with Crippen LogP contribution in [-0.4, -0.2) is 39.4 Å². The predicted octanol–water partition coefficient (Wildman–Crippen LogP) is 2.76. The topological polar surface area (TPSA) is 99.8 Å². The molecule has 0 bridgehead atoms. The van der Waals surface area contributed by atoms with Crippen molar-refractivity contribution in [3.05, 3.63) is 28.2 Å². The fourth-order valence-electron chi connectivity index (χ4n) is 3.01. The van der Waals surface area contributed by atoms with Gasteiger partial charge in [0.15, 0.2) is 0 Å². The summed E-state index contributed by atoms with van der Waals surface area (Å²) in [7, 11) is 0. The molecule has 0 radical (unpaired) electrons. The third-order valence-corrected chi connectivity index (χ3v) is 6.07. The van der Waals surface area contributed by atoms with Crippen molar-refractivity contribution in [1.29, 1.82) is 0 Å². The van der Waals surface area contributed by atoms with E-state index in [1.54, 1.807) is 11.3 Å². The third kappa shape index (κ3) is 6.14. The maximum Gasteiger partial charge on any atom is 0.321 e. The molecule has 1 fully saturated rings. The Bertz CT molecular complexity index is 711. The lowest BCUT2D eigenvalue weighted by Gasteiger charge is -2.05. The van der Waals surface area contributed by atoms with Crippen molar-refractivity contribution in [2.45, 2.75) is 43.7 Å². The molecule has 3 N–H and O–H groups in total. The van der Waals surface area contributed by atoms with E-state index < -0.39 is 6.03 Å². The highest BCUT2D eigenvalue weighted by atomic mass is 32.2. The highest BCUT2D eigenvalue weighted by Gasteiger charge is 2.17. The van der Waals surface area contributed by atoms with Gasteiger partial charge in [-0.05, 0) is 23.8 Å². The van der Waals surface area contributed by atoms with Crippen LogP contribution in [0.3, 0.4) is 0 Å². The van der Waals surface area contributed by atoms with E-state index >= 15 is 0 Å². The van der Waals surface area contributed by atoms with Gasteiger partial charge < -0.3 is 5.32 Å². The number of nitrogens with zero attached hydrogens (tertiary/aromatic N) is 2. The Morgan fingerprint density at radius 3 is 2.96 bits per heavy atom. The molecule has 0 aliphatic heterocycles. The van der Waals surface area contributed by atoms with Gasteiger partial charge in [-0.3, -0.25) is 15.2 Å². The molecule has 0 unspecified atom stereocenters. The summed E-state index contributed by atoms with van der Waals surface area (Å²) in [6, 6.07) is 3.52. The quantitative estimate of drug-likeness (QED) is 0.599. The Kier molecular flexibility index (Phi) is 7.07. The van der Waals surface area contributed by atoms with E-state index in [1.165, 1.54) is 42.3 Å². The van der Waals surface area contributed by atoms with E-state index in [4.69, 9.17) is 0 Å². The smallest absolute Gasteiger partial charge is 0.321 e. The number of amides is 3. The van der Waals surface area contributed by atoms with Crippen LogP contribution in [0.4, 0.5) is 4.79 Å². The Labute approximate surface area is 160 Å². The van der Waals surface area contributed by atoms with E-state index in [1.807, 2.05) is 17.5 Å². The minimum atomic E-state index is -0.468. The van der Waals surface area contributed by atoms with E-state index in [-0.39, 0.29) is 11.7 Å². The monoisotopic (exact) mass is 393 g/mol. The lowest BCUT2D eigenvalue weighted by molar-refractivity contribution is -0.117. The molecule has 7 nitrogen and oxygen atoms in total. The van der Waals surface area contributed by atoms with Gasteiger partial charge in [0, 0.05) is 17.8 Å². The zero-order chi connectivity index (χ0) is 18.2. The first-order valence-electron chi connectivity index (χ1n) is 8.83. The average molecular weight is 394 g/mol. The summed E-state index contributed by atoms with van der Waals surface area (Å²) >= 11 is 2.87. The van der Waals surface area contributed by atoms with Crippen molar-refractivity contribution < 1.29 is 9.59 Å². The van der Waals surface area contributed by atoms with Gasteiger partial charge in [-0.2, -0.15) is 0 Å². The van der Waals surface area contributed by atoms with Crippen LogP contribution in [-0.2, 0) is 17.6 Å². The fourth-order valence-corrected chi connectivity index (χ4v) is 4.34. The van der Waals surface area contributed by atoms with E-state index in [0.29, 0.717) is 17.6 Å². The Balaban J connectivity index is 1.31. The van der Waals surface area contributed by atoms with Gasteiger partial charge in [-0.1, -0.05) is 43.5 Å². The van der Waals surface area contributed by atoms with Crippen LogP contribution in [0.25, 0.3) is 0 Å². The molecule has 0 spiro atoms. The zero-order valence-electron chi connectivity index (χ0n) is 14.5. The summed E-state index contributed by atoms with van der Waals surface area (Å²) in [4.78, 5) is 29.2. The van der Waals surface area contributed by atoms with Gasteiger partial charge in [-0.15, -0.1) is 16.4 Å². The second-order valence-corrected chi connectivity index (χ2v) is 8.32. The van der Waals surface area contributed by atoms with Crippen molar-refractivity contribution in [3.63, 3.8) is 0 Å². The van der Waals surface area contributed by atoms with Crippen LogP contribution in [0.15, 0.2) is 22.7 Å². The number of thiophene rings is 1. The summed E-state index contributed by atoms with van der Waals surface area (Å²) < 4.78 is 0. The van der Waals surface area contributed by atoms with Crippen molar-refractivity contribution in [2.24, 2.45) is 5.92 Å². The molecule has 3 rings (SSSR count).